The largest absolute Gasteiger partial charge is 0.353 e. The first-order valence-electron chi connectivity index (χ1n) is 9.24. The van der Waals surface area contributed by atoms with Gasteiger partial charge in [0, 0.05) is 45.3 Å². The maximum absolute atomic E-state index is 14.0. The molecule has 1 unspecified atom stereocenters. The van der Waals surface area contributed by atoms with Gasteiger partial charge in [-0.2, -0.15) is 0 Å². The van der Waals surface area contributed by atoms with E-state index < -0.39 is 23.5 Å². The maximum atomic E-state index is 14.0. The highest BCUT2D eigenvalue weighted by atomic mass is 19.1. The number of hydrogen-bond donors (Lipinski definition) is 0. The molecular weight excluding hydrogens is 366 g/mol. The van der Waals surface area contributed by atoms with Crippen molar-refractivity contribution in [3.05, 3.63) is 54.2 Å². The first-order valence-corrected chi connectivity index (χ1v) is 9.24. The molecule has 2 aromatic rings. The number of piperazine rings is 1. The molecule has 3 heterocycles. The molecule has 28 heavy (non-hydrogen) atoms. The zero-order valence-corrected chi connectivity index (χ0v) is 15.2. The highest BCUT2D eigenvalue weighted by molar-refractivity contribution is 6.00. The summed E-state index contributed by atoms with van der Waals surface area (Å²) in [5, 5.41) is 0. The fourth-order valence-electron chi connectivity index (χ4n) is 3.79. The summed E-state index contributed by atoms with van der Waals surface area (Å²) in [5.41, 5.74) is -0.372. The lowest BCUT2D eigenvalue weighted by molar-refractivity contribution is -0.136. The summed E-state index contributed by atoms with van der Waals surface area (Å²) >= 11 is 0. The predicted molar refractivity (Wildman–Crippen MR) is 99.8 cm³/mol. The first-order chi connectivity index (χ1) is 13.5. The van der Waals surface area contributed by atoms with Crippen molar-refractivity contribution >= 4 is 23.3 Å². The molecule has 2 aliphatic rings. The highest BCUT2D eigenvalue weighted by Gasteiger charge is 2.39. The summed E-state index contributed by atoms with van der Waals surface area (Å²) in [4.78, 5) is 34.4. The molecular formula is C20H20F2N4O2. The van der Waals surface area contributed by atoms with E-state index in [2.05, 4.69) is 9.88 Å². The Labute approximate surface area is 161 Å². The Bertz CT molecular complexity index is 865. The fourth-order valence-corrected chi connectivity index (χ4v) is 3.79. The van der Waals surface area contributed by atoms with Crippen LogP contribution >= 0.6 is 0 Å². The van der Waals surface area contributed by atoms with Gasteiger partial charge in [-0.15, -0.1) is 0 Å². The molecule has 0 spiro atoms. The number of anilines is 2. The second-order valence-corrected chi connectivity index (χ2v) is 6.98. The van der Waals surface area contributed by atoms with Crippen LogP contribution in [0.25, 0.3) is 0 Å². The summed E-state index contributed by atoms with van der Waals surface area (Å²) in [6.07, 6.45) is 1.69. The molecule has 0 bridgehead atoms. The van der Waals surface area contributed by atoms with Gasteiger partial charge in [-0.25, -0.2) is 13.8 Å². The number of carbonyl (C=O) groups excluding carboxylic acids is 2. The van der Waals surface area contributed by atoms with Crippen LogP contribution in [0, 0.1) is 17.6 Å². The van der Waals surface area contributed by atoms with Gasteiger partial charge in [0.25, 0.3) is 0 Å². The van der Waals surface area contributed by atoms with E-state index in [0.29, 0.717) is 26.2 Å². The van der Waals surface area contributed by atoms with E-state index in [9.17, 15) is 18.4 Å². The van der Waals surface area contributed by atoms with Crippen LogP contribution in [0.2, 0.25) is 0 Å². The zero-order valence-electron chi connectivity index (χ0n) is 15.2. The van der Waals surface area contributed by atoms with Crippen LogP contribution in [0.1, 0.15) is 6.42 Å². The van der Waals surface area contributed by atoms with Crippen LogP contribution in [-0.4, -0.2) is 54.4 Å². The Hall–Kier alpha value is -3.03. The van der Waals surface area contributed by atoms with Crippen LogP contribution in [0.3, 0.4) is 0 Å². The SMILES string of the molecule is O=C(C1CC(=O)N(c2c(F)cccc2F)C1)N1CCN(c2ccccn2)CC1. The molecule has 1 aromatic heterocycles. The third kappa shape index (κ3) is 3.42. The van der Waals surface area contributed by atoms with Crippen LogP contribution in [0.15, 0.2) is 42.6 Å². The number of para-hydroxylation sites is 1. The molecule has 2 amide bonds. The van der Waals surface area contributed by atoms with Gasteiger partial charge in [0.2, 0.25) is 11.8 Å². The molecule has 1 atom stereocenters. The van der Waals surface area contributed by atoms with E-state index in [-0.39, 0.29) is 24.6 Å². The van der Waals surface area contributed by atoms with E-state index in [4.69, 9.17) is 0 Å². The number of halogens is 2. The first kappa shape index (κ1) is 18.3. The number of pyridine rings is 1. The van der Waals surface area contributed by atoms with Crippen LogP contribution in [0.4, 0.5) is 20.3 Å². The van der Waals surface area contributed by atoms with Gasteiger partial charge >= 0.3 is 0 Å². The van der Waals surface area contributed by atoms with Crippen molar-refractivity contribution < 1.29 is 18.4 Å². The Balaban J connectivity index is 1.41. The van der Waals surface area contributed by atoms with E-state index >= 15 is 0 Å². The van der Waals surface area contributed by atoms with E-state index in [1.54, 1.807) is 11.1 Å². The molecule has 0 N–H and O–H groups in total. The smallest absolute Gasteiger partial charge is 0.228 e. The number of aromatic nitrogens is 1. The van der Waals surface area contributed by atoms with Crippen molar-refractivity contribution in [1.82, 2.24) is 9.88 Å². The van der Waals surface area contributed by atoms with Crippen LogP contribution < -0.4 is 9.80 Å². The third-order valence-corrected chi connectivity index (χ3v) is 5.25. The van der Waals surface area contributed by atoms with Crippen molar-refractivity contribution in [2.24, 2.45) is 5.92 Å². The second-order valence-electron chi connectivity index (χ2n) is 6.98. The lowest BCUT2D eigenvalue weighted by Gasteiger charge is -2.36. The van der Waals surface area contributed by atoms with Gasteiger partial charge in [0.1, 0.15) is 23.1 Å². The van der Waals surface area contributed by atoms with Crippen molar-refractivity contribution in [3.63, 3.8) is 0 Å². The Morgan fingerprint density at radius 2 is 1.71 bits per heavy atom. The average molecular weight is 386 g/mol. The van der Waals surface area contributed by atoms with Crippen LogP contribution in [0.5, 0.6) is 0 Å². The summed E-state index contributed by atoms with van der Waals surface area (Å²) < 4.78 is 28.0. The average Bonchev–Trinajstić information content (AvgIpc) is 3.09. The van der Waals surface area contributed by atoms with Gasteiger partial charge < -0.3 is 14.7 Å². The molecule has 2 saturated heterocycles. The lowest BCUT2D eigenvalue weighted by Crippen LogP contribution is -2.51. The number of benzene rings is 1. The molecule has 4 rings (SSSR count). The summed E-state index contributed by atoms with van der Waals surface area (Å²) in [7, 11) is 0. The molecule has 0 aliphatic carbocycles. The Kier molecular flexibility index (Phi) is 4.93. The highest BCUT2D eigenvalue weighted by Crippen LogP contribution is 2.30. The second kappa shape index (κ2) is 7.53. The number of carbonyl (C=O) groups is 2. The van der Waals surface area contributed by atoms with Gasteiger partial charge in [0.15, 0.2) is 0 Å². The summed E-state index contributed by atoms with van der Waals surface area (Å²) in [5.74, 6) is -1.90. The quantitative estimate of drug-likeness (QED) is 0.810. The standard InChI is InChI=1S/C20H20F2N4O2/c21-15-4-3-5-16(22)19(15)26-13-14(12-18(26)27)20(28)25-10-8-24(9-11-25)17-6-1-2-7-23-17/h1-7,14H,8-13H2. The summed E-state index contributed by atoms with van der Waals surface area (Å²) in [6, 6.07) is 9.16. The topological polar surface area (TPSA) is 56.8 Å². The molecule has 6 nitrogen and oxygen atoms in total. The Morgan fingerprint density at radius 1 is 1.00 bits per heavy atom. The third-order valence-electron chi connectivity index (χ3n) is 5.25. The number of hydrogen-bond acceptors (Lipinski definition) is 4. The van der Waals surface area contributed by atoms with Gasteiger partial charge in [-0.3, -0.25) is 9.59 Å². The maximum Gasteiger partial charge on any atom is 0.228 e. The Morgan fingerprint density at radius 3 is 2.36 bits per heavy atom. The van der Waals surface area contributed by atoms with Gasteiger partial charge in [-0.1, -0.05) is 12.1 Å². The van der Waals surface area contributed by atoms with Crippen molar-refractivity contribution in [1.29, 1.82) is 0 Å². The molecule has 0 saturated carbocycles. The number of nitrogens with zero attached hydrogens (tertiary/aromatic N) is 4. The predicted octanol–water partition coefficient (Wildman–Crippen LogP) is 2.06. The molecule has 2 aliphatic heterocycles. The lowest BCUT2D eigenvalue weighted by atomic mass is 10.1. The molecule has 0 radical (unpaired) electrons. The molecule has 8 heteroatoms. The van der Waals surface area contributed by atoms with E-state index in [1.807, 2.05) is 18.2 Å². The monoisotopic (exact) mass is 386 g/mol. The summed E-state index contributed by atoms with van der Waals surface area (Å²) in [6.45, 7) is 2.34. The number of amides is 2. The number of rotatable bonds is 3. The van der Waals surface area contributed by atoms with E-state index in [1.165, 1.54) is 6.07 Å². The molecule has 146 valence electrons. The minimum absolute atomic E-state index is 0.00399. The van der Waals surface area contributed by atoms with Crippen molar-refractivity contribution in [3.8, 4) is 0 Å². The minimum atomic E-state index is -0.801. The van der Waals surface area contributed by atoms with E-state index in [0.717, 1.165) is 22.9 Å². The van der Waals surface area contributed by atoms with Crippen molar-refractivity contribution in [2.75, 3.05) is 42.5 Å². The van der Waals surface area contributed by atoms with Gasteiger partial charge in [0.05, 0.1) is 5.92 Å². The van der Waals surface area contributed by atoms with Crippen molar-refractivity contribution in [2.45, 2.75) is 6.42 Å². The normalized spacial score (nSPS) is 20.0. The van der Waals surface area contributed by atoms with Crippen LogP contribution in [-0.2, 0) is 9.59 Å². The van der Waals surface area contributed by atoms with Gasteiger partial charge in [-0.05, 0) is 24.3 Å². The molecule has 1 aromatic carbocycles. The fraction of sp³-hybridized carbons (Fsp3) is 0.350. The molecule has 2 fully saturated rings. The minimum Gasteiger partial charge on any atom is -0.353 e. The zero-order chi connectivity index (χ0) is 19.7.